The number of hydrogen-bond donors (Lipinski definition) is 0. The summed E-state index contributed by atoms with van der Waals surface area (Å²) in [7, 11) is 0. The van der Waals surface area contributed by atoms with Crippen LogP contribution in [0.4, 0.5) is 0 Å². The third-order valence-electron chi connectivity index (χ3n) is 2.85. The summed E-state index contributed by atoms with van der Waals surface area (Å²) in [5.41, 5.74) is 2.33. The van der Waals surface area contributed by atoms with Gasteiger partial charge in [-0.3, -0.25) is 4.98 Å². The molecule has 1 heterocycles. The molecule has 0 aliphatic carbocycles. The van der Waals surface area contributed by atoms with Gasteiger partial charge in [-0.15, -0.1) is 0 Å². The van der Waals surface area contributed by atoms with Crippen LogP contribution in [-0.4, -0.2) is 4.98 Å². The second kappa shape index (κ2) is 3.87. The highest BCUT2D eigenvalue weighted by molar-refractivity contribution is 9.08. The molecule has 3 aromatic rings. The lowest BCUT2D eigenvalue weighted by Gasteiger charge is -2.05. The fraction of sp³-hybridized carbons (Fsp3) is 0.0714. The van der Waals surface area contributed by atoms with Gasteiger partial charge in [-0.05, 0) is 10.9 Å². The molecule has 0 aliphatic rings. The van der Waals surface area contributed by atoms with Gasteiger partial charge in [0.15, 0.2) is 0 Å². The summed E-state index contributed by atoms with van der Waals surface area (Å²) in [6.45, 7) is 0. The maximum atomic E-state index is 4.55. The molecule has 0 unspecified atom stereocenters. The van der Waals surface area contributed by atoms with Crippen molar-refractivity contribution in [2.24, 2.45) is 0 Å². The molecule has 0 bridgehead atoms. The summed E-state index contributed by atoms with van der Waals surface area (Å²) in [5.74, 6) is 0. The van der Waals surface area contributed by atoms with Crippen molar-refractivity contribution < 1.29 is 0 Å². The Morgan fingerprint density at radius 3 is 2.62 bits per heavy atom. The smallest absolute Gasteiger partial charge is 0.0748 e. The zero-order valence-corrected chi connectivity index (χ0v) is 10.2. The molecular formula is C14H10BrN. The summed E-state index contributed by atoms with van der Waals surface area (Å²) in [6, 6.07) is 14.7. The molecule has 0 saturated heterocycles. The lowest BCUT2D eigenvalue weighted by molar-refractivity contribution is 1.38. The number of rotatable bonds is 1. The third kappa shape index (κ3) is 1.41. The van der Waals surface area contributed by atoms with Gasteiger partial charge in [-0.2, -0.15) is 0 Å². The number of pyridine rings is 1. The van der Waals surface area contributed by atoms with Gasteiger partial charge in [0.05, 0.1) is 5.52 Å². The fourth-order valence-corrected chi connectivity index (χ4v) is 2.51. The van der Waals surface area contributed by atoms with Crippen molar-refractivity contribution in [3.63, 3.8) is 0 Å². The highest BCUT2D eigenvalue weighted by atomic mass is 79.9. The maximum absolute atomic E-state index is 4.55. The molecule has 0 atom stereocenters. The average Bonchev–Trinajstić information content (AvgIpc) is 2.37. The minimum absolute atomic E-state index is 0.843. The van der Waals surface area contributed by atoms with Crippen molar-refractivity contribution in [1.29, 1.82) is 0 Å². The maximum Gasteiger partial charge on any atom is 0.0748 e. The van der Waals surface area contributed by atoms with Gasteiger partial charge < -0.3 is 0 Å². The number of halogens is 1. The lowest BCUT2D eigenvalue weighted by Crippen LogP contribution is -1.86. The first kappa shape index (κ1) is 9.79. The Morgan fingerprint density at radius 1 is 0.938 bits per heavy atom. The normalized spacial score (nSPS) is 11.1. The van der Waals surface area contributed by atoms with Crippen LogP contribution in [0.2, 0.25) is 0 Å². The molecule has 3 rings (SSSR count). The number of fused-ring (bicyclic) bond motifs is 3. The van der Waals surface area contributed by atoms with Gasteiger partial charge in [0.25, 0.3) is 0 Å². The number of nitrogens with zero attached hydrogens (tertiary/aromatic N) is 1. The molecule has 2 heteroatoms. The Bertz CT molecular complexity index is 661. The second-order valence-corrected chi connectivity index (χ2v) is 4.35. The third-order valence-corrected chi connectivity index (χ3v) is 3.45. The Hall–Kier alpha value is -1.41. The van der Waals surface area contributed by atoms with E-state index in [0.29, 0.717) is 0 Å². The van der Waals surface area contributed by atoms with Crippen molar-refractivity contribution in [3.8, 4) is 0 Å². The van der Waals surface area contributed by atoms with Crippen molar-refractivity contribution in [2.45, 2.75) is 5.33 Å². The number of alkyl halides is 1. The van der Waals surface area contributed by atoms with Crippen LogP contribution >= 0.6 is 15.9 Å². The van der Waals surface area contributed by atoms with Crippen LogP contribution < -0.4 is 0 Å². The standard InChI is InChI=1S/C14H10BrN/c15-8-10-5-3-7-13-12-6-2-1-4-11(12)9-16-14(10)13/h1-7,9H,8H2. The molecule has 0 saturated carbocycles. The van der Waals surface area contributed by atoms with Gasteiger partial charge in [-0.1, -0.05) is 58.4 Å². The van der Waals surface area contributed by atoms with E-state index in [1.165, 1.54) is 21.7 Å². The Labute approximate surface area is 102 Å². The van der Waals surface area contributed by atoms with E-state index in [1.54, 1.807) is 0 Å². The Kier molecular flexibility index (Phi) is 2.37. The van der Waals surface area contributed by atoms with Crippen molar-refractivity contribution in [2.75, 3.05) is 0 Å². The summed E-state index contributed by atoms with van der Waals surface area (Å²) in [4.78, 5) is 4.55. The zero-order valence-electron chi connectivity index (χ0n) is 8.65. The van der Waals surface area contributed by atoms with E-state index in [2.05, 4.69) is 57.3 Å². The molecular weight excluding hydrogens is 262 g/mol. The number of benzene rings is 2. The largest absolute Gasteiger partial charge is 0.255 e. The summed E-state index contributed by atoms with van der Waals surface area (Å²) in [5, 5.41) is 4.54. The summed E-state index contributed by atoms with van der Waals surface area (Å²) in [6.07, 6.45) is 1.95. The zero-order chi connectivity index (χ0) is 11.0. The average molecular weight is 272 g/mol. The van der Waals surface area contributed by atoms with E-state index in [1.807, 2.05) is 12.3 Å². The van der Waals surface area contributed by atoms with E-state index < -0.39 is 0 Å². The first-order valence-electron chi connectivity index (χ1n) is 5.21. The van der Waals surface area contributed by atoms with Crippen molar-refractivity contribution in [1.82, 2.24) is 4.98 Å². The van der Waals surface area contributed by atoms with E-state index >= 15 is 0 Å². The first-order valence-corrected chi connectivity index (χ1v) is 6.33. The van der Waals surface area contributed by atoms with Crippen molar-refractivity contribution >= 4 is 37.6 Å². The second-order valence-electron chi connectivity index (χ2n) is 3.79. The molecule has 16 heavy (non-hydrogen) atoms. The topological polar surface area (TPSA) is 12.9 Å². The SMILES string of the molecule is BrCc1cccc2c1ncc1ccccc12. The van der Waals surface area contributed by atoms with E-state index in [-0.39, 0.29) is 0 Å². The quantitative estimate of drug-likeness (QED) is 0.476. The van der Waals surface area contributed by atoms with Gasteiger partial charge in [-0.25, -0.2) is 0 Å². The summed E-state index contributed by atoms with van der Waals surface area (Å²) >= 11 is 3.50. The van der Waals surface area contributed by atoms with Crippen LogP contribution in [0.1, 0.15) is 5.56 Å². The van der Waals surface area contributed by atoms with Crippen LogP contribution in [0.3, 0.4) is 0 Å². The van der Waals surface area contributed by atoms with Crippen LogP contribution in [-0.2, 0) is 5.33 Å². The van der Waals surface area contributed by atoms with Crippen LogP contribution in [0.15, 0.2) is 48.7 Å². The molecule has 0 aliphatic heterocycles. The van der Waals surface area contributed by atoms with E-state index in [0.717, 1.165) is 10.8 Å². The number of aromatic nitrogens is 1. The van der Waals surface area contributed by atoms with Gasteiger partial charge in [0, 0.05) is 22.3 Å². The van der Waals surface area contributed by atoms with Crippen LogP contribution in [0.25, 0.3) is 21.7 Å². The first-order chi connectivity index (χ1) is 7.90. The monoisotopic (exact) mass is 271 g/mol. The van der Waals surface area contributed by atoms with E-state index in [9.17, 15) is 0 Å². The molecule has 0 fully saturated rings. The highest BCUT2D eigenvalue weighted by Crippen LogP contribution is 2.26. The molecule has 0 spiro atoms. The van der Waals surface area contributed by atoms with Gasteiger partial charge in [0.2, 0.25) is 0 Å². The highest BCUT2D eigenvalue weighted by Gasteiger charge is 2.04. The van der Waals surface area contributed by atoms with Gasteiger partial charge in [0.1, 0.15) is 0 Å². The predicted molar refractivity (Wildman–Crippen MR) is 71.9 cm³/mol. The van der Waals surface area contributed by atoms with Crippen LogP contribution in [0.5, 0.6) is 0 Å². The van der Waals surface area contributed by atoms with Crippen molar-refractivity contribution in [3.05, 3.63) is 54.2 Å². The molecule has 0 amide bonds. The Morgan fingerprint density at radius 2 is 1.75 bits per heavy atom. The molecule has 0 radical (unpaired) electrons. The molecule has 2 aromatic carbocycles. The fourth-order valence-electron chi connectivity index (χ4n) is 2.06. The van der Waals surface area contributed by atoms with Crippen LogP contribution in [0, 0.1) is 0 Å². The lowest BCUT2D eigenvalue weighted by atomic mass is 10.0. The summed E-state index contributed by atoms with van der Waals surface area (Å²) < 4.78 is 0. The Balaban J connectivity index is 2.52. The molecule has 1 aromatic heterocycles. The van der Waals surface area contributed by atoms with Gasteiger partial charge >= 0.3 is 0 Å². The molecule has 78 valence electrons. The number of hydrogen-bond acceptors (Lipinski definition) is 1. The molecule has 0 N–H and O–H groups in total. The minimum atomic E-state index is 0.843. The predicted octanol–water partition coefficient (Wildman–Crippen LogP) is 4.28. The molecule has 1 nitrogen and oxygen atoms in total. The number of para-hydroxylation sites is 1. The minimum Gasteiger partial charge on any atom is -0.255 e. The van der Waals surface area contributed by atoms with E-state index in [4.69, 9.17) is 0 Å².